The fourth-order valence-electron chi connectivity index (χ4n) is 2.61. The van der Waals surface area contributed by atoms with Gasteiger partial charge in [-0.2, -0.15) is 4.98 Å². The maximum absolute atomic E-state index is 5.83. The van der Waals surface area contributed by atoms with E-state index in [4.69, 9.17) is 22.1 Å². The summed E-state index contributed by atoms with van der Waals surface area (Å²) in [6.07, 6.45) is 4.91. The third-order valence-corrected chi connectivity index (χ3v) is 4.09. The summed E-state index contributed by atoms with van der Waals surface area (Å²) >= 11 is 5.83. The number of nitrogens with two attached hydrogens (primary N) is 1. The van der Waals surface area contributed by atoms with E-state index in [-0.39, 0.29) is 11.1 Å². The van der Waals surface area contributed by atoms with Crippen molar-refractivity contribution in [3.63, 3.8) is 0 Å². The van der Waals surface area contributed by atoms with Crippen LogP contribution in [-0.4, -0.2) is 9.97 Å². The Morgan fingerprint density at radius 3 is 2.43 bits per heavy atom. The average Bonchev–Trinajstić information content (AvgIpc) is 2.53. The molecule has 1 aromatic heterocycles. The minimum Gasteiger partial charge on any atom is -0.473 e. The SMILES string of the molecule is CCCC(CC)Cc1ccc(COc2cc(Cl)nc(N)n2)cc1. The Kier molecular flexibility index (Phi) is 6.66. The van der Waals surface area contributed by atoms with E-state index in [1.807, 2.05) is 0 Å². The van der Waals surface area contributed by atoms with E-state index < -0.39 is 0 Å². The van der Waals surface area contributed by atoms with Crippen LogP contribution >= 0.6 is 11.6 Å². The first-order chi connectivity index (χ1) is 11.1. The zero-order valence-corrected chi connectivity index (χ0v) is 14.5. The second-order valence-corrected chi connectivity index (χ2v) is 6.15. The third kappa shape index (κ3) is 5.71. The number of anilines is 1. The predicted molar refractivity (Wildman–Crippen MR) is 94.6 cm³/mol. The van der Waals surface area contributed by atoms with E-state index in [9.17, 15) is 0 Å². The quantitative estimate of drug-likeness (QED) is 0.714. The van der Waals surface area contributed by atoms with Crippen molar-refractivity contribution in [3.8, 4) is 5.88 Å². The molecule has 1 unspecified atom stereocenters. The highest BCUT2D eigenvalue weighted by atomic mass is 35.5. The zero-order chi connectivity index (χ0) is 16.7. The monoisotopic (exact) mass is 333 g/mol. The fourth-order valence-corrected chi connectivity index (χ4v) is 2.79. The van der Waals surface area contributed by atoms with Crippen molar-refractivity contribution < 1.29 is 4.74 Å². The maximum Gasteiger partial charge on any atom is 0.224 e. The van der Waals surface area contributed by atoms with E-state index in [1.54, 1.807) is 6.07 Å². The van der Waals surface area contributed by atoms with Crippen LogP contribution in [-0.2, 0) is 13.0 Å². The molecule has 2 N–H and O–H groups in total. The number of nitrogens with zero attached hydrogens (tertiary/aromatic N) is 2. The molecule has 0 amide bonds. The summed E-state index contributed by atoms with van der Waals surface area (Å²) in [6.45, 7) is 4.94. The van der Waals surface area contributed by atoms with Crippen molar-refractivity contribution >= 4 is 17.5 Å². The van der Waals surface area contributed by atoms with Gasteiger partial charge in [-0.05, 0) is 23.5 Å². The first-order valence-corrected chi connectivity index (χ1v) is 8.49. The second kappa shape index (κ2) is 8.73. The first kappa shape index (κ1) is 17.5. The number of nitrogen functional groups attached to an aromatic ring is 1. The van der Waals surface area contributed by atoms with Crippen molar-refractivity contribution in [2.24, 2.45) is 5.92 Å². The van der Waals surface area contributed by atoms with E-state index in [0.717, 1.165) is 17.9 Å². The van der Waals surface area contributed by atoms with Gasteiger partial charge in [0.05, 0.1) is 0 Å². The van der Waals surface area contributed by atoms with Gasteiger partial charge in [0.2, 0.25) is 11.8 Å². The highest BCUT2D eigenvalue weighted by Gasteiger charge is 2.07. The van der Waals surface area contributed by atoms with Crippen molar-refractivity contribution in [1.82, 2.24) is 9.97 Å². The number of hydrogen-bond donors (Lipinski definition) is 1. The third-order valence-electron chi connectivity index (χ3n) is 3.90. The Morgan fingerprint density at radius 2 is 1.83 bits per heavy atom. The van der Waals surface area contributed by atoms with Gasteiger partial charge >= 0.3 is 0 Å². The molecule has 0 saturated carbocycles. The van der Waals surface area contributed by atoms with Crippen LogP contribution in [0, 0.1) is 5.92 Å². The van der Waals surface area contributed by atoms with Gasteiger partial charge in [0.1, 0.15) is 11.8 Å². The molecular formula is C18H24ClN3O. The Morgan fingerprint density at radius 1 is 1.13 bits per heavy atom. The van der Waals surface area contributed by atoms with Crippen LogP contribution in [0.4, 0.5) is 5.95 Å². The number of hydrogen-bond acceptors (Lipinski definition) is 4. The number of aromatic nitrogens is 2. The zero-order valence-electron chi connectivity index (χ0n) is 13.8. The summed E-state index contributed by atoms with van der Waals surface area (Å²) in [5, 5.41) is 0.282. The summed E-state index contributed by atoms with van der Waals surface area (Å²) in [5.74, 6) is 1.28. The highest BCUT2D eigenvalue weighted by Crippen LogP contribution is 2.19. The van der Waals surface area contributed by atoms with Gasteiger partial charge in [-0.1, -0.05) is 69.0 Å². The topological polar surface area (TPSA) is 61.0 Å². The predicted octanol–water partition coefficient (Wildman–Crippen LogP) is 4.66. The summed E-state index contributed by atoms with van der Waals surface area (Å²) in [7, 11) is 0. The first-order valence-electron chi connectivity index (χ1n) is 8.11. The lowest BCUT2D eigenvalue weighted by Crippen LogP contribution is -2.04. The van der Waals surface area contributed by atoms with E-state index >= 15 is 0 Å². The Hall–Kier alpha value is -1.81. The van der Waals surface area contributed by atoms with Crippen LogP contribution in [0.1, 0.15) is 44.2 Å². The Labute approximate surface area is 143 Å². The molecule has 0 fully saturated rings. The molecule has 1 heterocycles. The molecule has 2 rings (SSSR count). The molecule has 23 heavy (non-hydrogen) atoms. The minimum absolute atomic E-state index is 0.115. The smallest absolute Gasteiger partial charge is 0.224 e. The molecule has 2 aromatic rings. The molecule has 124 valence electrons. The van der Waals surface area contributed by atoms with E-state index in [2.05, 4.69) is 48.1 Å². The molecule has 0 bridgehead atoms. The van der Waals surface area contributed by atoms with Gasteiger partial charge < -0.3 is 10.5 Å². The van der Waals surface area contributed by atoms with Crippen LogP contribution in [0.3, 0.4) is 0 Å². The van der Waals surface area contributed by atoms with Crippen LogP contribution < -0.4 is 10.5 Å². The molecule has 0 radical (unpaired) electrons. The van der Waals surface area contributed by atoms with Crippen LogP contribution in [0.5, 0.6) is 5.88 Å². The summed E-state index contributed by atoms with van der Waals surface area (Å²) < 4.78 is 5.62. The molecule has 0 spiro atoms. The molecule has 0 aliphatic rings. The molecule has 1 atom stereocenters. The van der Waals surface area contributed by atoms with Crippen molar-refractivity contribution in [1.29, 1.82) is 0 Å². The highest BCUT2D eigenvalue weighted by molar-refractivity contribution is 6.29. The fraction of sp³-hybridized carbons (Fsp3) is 0.444. The maximum atomic E-state index is 5.83. The average molecular weight is 334 g/mol. The van der Waals surface area contributed by atoms with Gasteiger partial charge in [0, 0.05) is 6.07 Å². The normalized spacial score (nSPS) is 12.1. The summed E-state index contributed by atoms with van der Waals surface area (Å²) in [6, 6.07) is 10.1. The number of rotatable bonds is 8. The second-order valence-electron chi connectivity index (χ2n) is 5.76. The van der Waals surface area contributed by atoms with Gasteiger partial charge in [-0.15, -0.1) is 0 Å². The number of ether oxygens (including phenoxy) is 1. The van der Waals surface area contributed by atoms with Gasteiger partial charge in [-0.3, -0.25) is 0 Å². The lowest BCUT2D eigenvalue weighted by Gasteiger charge is -2.14. The molecule has 0 aliphatic carbocycles. The standard InChI is InChI=1S/C18H24ClN3O/c1-3-5-13(4-2)10-14-6-8-15(9-7-14)12-23-17-11-16(19)21-18(20)22-17/h6-9,11,13H,3-5,10,12H2,1-2H3,(H2,20,21,22). The lowest BCUT2D eigenvalue weighted by molar-refractivity contribution is 0.294. The molecule has 1 aromatic carbocycles. The van der Waals surface area contributed by atoms with Crippen LogP contribution in [0.2, 0.25) is 5.15 Å². The van der Waals surface area contributed by atoms with E-state index in [0.29, 0.717) is 12.5 Å². The number of benzene rings is 1. The van der Waals surface area contributed by atoms with Crippen LogP contribution in [0.25, 0.3) is 0 Å². The molecular weight excluding hydrogens is 310 g/mol. The Balaban J connectivity index is 1.92. The molecule has 4 nitrogen and oxygen atoms in total. The van der Waals surface area contributed by atoms with Crippen molar-refractivity contribution in [3.05, 3.63) is 46.6 Å². The lowest BCUT2D eigenvalue weighted by atomic mass is 9.92. The Bertz CT molecular complexity index is 596. The minimum atomic E-state index is 0.115. The van der Waals surface area contributed by atoms with Gasteiger partial charge in [0.25, 0.3) is 0 Å². The molecule has 0 saturated heterocycles. The van der Waals surface area contributed by atoms with Crippen molar-refractivity contribution in [2.75, 3.05) is 5.73 Å². The van der Waals surface area contributed by atoms with E-state index in [1.165, 1.54) is 24.8 Å². The van der Waals surface area contributed by atoms with Gasteiger partial charge in [0.15, 0.2) is 0 Å². The largest absolute Gasteiger partial charge is 0.473 e. The summed E-state index contributed by atoms with van der Waals surface area (Å²) in [4.78, 5) is 7.80. The molecule has 0 aliphatic heterocycles. The van der Waals surface area contributed by atoms with Crippen molar-refractivity contribution in [2.45, 2.75) is 46.1 Å². The molecule has 5 heteroatoms. The number of halogens is 1. The van der Waals surface area contributed by atoms with Gasteiger partial charge in [-0.25, -0.2) is 4.98 Å². The van der Waals surface area contributed by atoms with Crippen LogP contribution in [0.15, 0.2) is 30.3 Å². The summed E-state index contributed by atoms with van der Waals surface area (Å²) in [5.41, 5.74) is 8.01.